The number of anilines is 1. The Kier molecular flexibility index (Phi) is 6.04. The minimum Gasteiger partial charge on any atom is -0.455 e. The Balaban J connectivity index is 1.35. The molecule has 2 amide bonds. The van der Waals surface area contributed by atoms with E-state index in [9.17, 15) is 22.8 Å². The summed E-state index contributed by atoms with van der Waals surface area (Å²) < 4.78 is 49.3. The number of hydrogen-bond donors (Lipinski definition) is 2. The lowest BCUT2D eigenvalue weighted by molar-refractivity contribution is -0.140. The van der Waals surface area contributed by atoms with Crippen molar-refractivity contribution in [2.24, 2.45) is 11.0 Å². The topological polar surface area (TPSA) is 92.3 Å². The molecule has 4 rings (SSSR count). The molecule has 7 nitrogen and oxygen atoms in total. The van der Waals surface area contributed by atoms with Crippen LogP contribution in [0.2, 0.25) is 0 Å². The number of fused-ring (bicyclic) bond motifs is 3. The molecule has 3 aliphatic rings. The van der Waals surface area contributed by atoms with Crippen LogP contribution in [0, 0.1) is 5.92 Å². The van der Waals surface area contributed by atoms with Gasteiger partial charge in [0.15, 0.2) is 0 Å². The molecular formula is C23H24F3N3O4. The molecule has 0 bridgehead atoms. The van der Waals surface area contributed by atoms with Crippen LogP contribution >= 0.6 is 0 Å². The van der Waals surface area contributed by atoms with Gasteiger partial charge in [0.25, 0.3) is 0 Å². The number of urea groups is 1. The molecule has 1 aliphatic carbocycles. The number of ether oxygens (including phenoxy) is 2. The maximum absolute atomic E-state index is 12.6. The van der Waals surface area contributed by atoms with E-state index in [-0.39, 0.29) is 35.4 Å². The summed E-state index contributed by atoms with van der Waals surface area (Å²) in [5.41, 5.74) is 2.69. The highest BCUT2D eigenvalue weighted by molar-refractivity contribution is 5.91. The molecule has 2 aliphatic heterocycles. The average Bonchev–Trinajstić information content (AvgIpc) is 3.33. The van der Waals surface area contributed by atoms with Crippen molar-refractivity contribution >= 4 is 23.9 Å². The van der Waals surface area contributed by atoms with Crippen LogP contribution in [0.5, 0.6) is 0 Å². The number of halogens is 3. The van der Waals surface area contributed by atoms with E-state index in [1.807, 2.05) is 13.0 Å². The molecule has 33 heavy (non-hydrogen) atoms. The molecule has 0 saturated carbocycles. The first-order valence-corrected chi connectivity index (χ1v) is 10.6. The number of rotatable bonds is 3. The highest BCUT2D eigenvalue weighted by Crippen LogP contribution is 2.49. The fourth-order valence-corrected chi connectivity index (χ4v) is 4.28. The molecule has 4 atom stereocenters. The van der Waals surface area contributed by atoms with Gasteiger partial charge in [-0.15, -0.1) is 0 Å². The number of allylic oxidation sites excluding steroid dienone is 2. The van der Waals surface area contributed by atoms with Gasteiger partial charge in [-0.25, -0.2) is 15.0 Å². The van der Waals surface area contributed by atoms with Gasteiger partial charge in [0.05, 0.1) is 17.4 Å². The zero-order valence-corrected chi connectivity index (χ0v) is 17.9. The summed E-state index contributed by atoms with van der Waals surface area (Å²) in [6.07, 6.45) is 1.36. The average molecular weight is 463 g/mol. The highest BCUT2D eigenvalue weighted by Gasteiger charge is 2.61. The molecule has 0 radical (unpaired) electrons. The van der Waals surface area contributed by atoms with Gasteiger partial charge in [-0.1, -0.05) is 12.7 Å². The number of nitrogens with zero attached hydrogens (tertiary/aromatic N) is 1. The third kappa shape index (κ3) is 5.11. The molecule has 2 heterocycles. The molecule has 0 unspecified atom stereocenters. The summed E-state index contributed by atoms with van der Waals surface area (Å²) in [5, 5.41) is 6.38. The van der Waals surface area contributed by atoms with Crippen LogP contribution in [-0.2, 0) is 20.4 Å². The van der Waals surface area contributed by atoms with Crippen molar-refractivity contribution in [3.05, 3.63) is 53.6 Å². The molecule has 1 aromatic rings. The smallest absolute Gasteiger partial charge is 0.416 e. The Labute approximate surface area is 188 Å². The number of hydrogen-bond acceptors (Lipinski definition) is 5. The van der Waals surface area contributed by atoms with Crippen LogP contribution in [0.15, 0.2) is 53.2 Å². The molecule has 2 N–H and O–H groups in total. The van der Waals surface area contributed by atoms with Crippen molar-refractivity contribution in [3.8, 4) is 0 Å². The summed E-state index contributed by atoms with van der Waals surface area (Å²) in [4.78, 5) is 24.0. The predicted molar refractivity (Wildman–Crippen MR) is 114 cm³/mol. The Morgan fingerprint density at radius 3 is 2.73 bits per heavy atom. The van der Waals surface area contributed by atoms with E-state index in [1.54, 1.807) is 0 Å². The summed E-state index contributed by atoms with van der Waals surface area (Å²) in [6, 6.07) is 3.42. The van der Waals surface area contributed by atoms with Gasteiger partial charge in [0.2, 0.25) is 0 Å². The molecule has 2 fully saturated rings. The lowest BCUT2D eigenvalue weighted by Gasteiger charge is -2.19. The quantitative estimate of drug-likeness (QED) is 0.226. The van der Waals surface area contributed by atoms with E-state index in [1.165, 1.54) is 6.21 Å². The van der Waals surface area contributed by atoms with Crippen LogP contribution in [0.3, 0.4) is 0 Å². The molecule has 2 saturated heterocycles. The third-order valence-electron chi connectivity index (χ3n) is 6.25. The molecular weight excluding hydrogens is 439 g/mol. The largest absolute Gasteiger partial charge is 0.455 e. The van der Waals surface area contributed by atoms with Crippen LogP contribution in [0.25, 0.3) is 0 Å². The van der Waals surface area contributed by atoms with E-state index >= 15 is 0 Å². The number of nitrogens with one attached hydrogen (secondary N) is 2. The summed E-state index contributed by atoms with van der Waals surface area (Å²) >= 11 is 0. The number of hydrazone groups is 1. The number of carbonyl (C=O) groups is 2. The normalized spacial score (nSPS) is 31.2. The van der Waals surface area contributed by atoms with E-state index in [0.717, 1.165) is 42.7 Å². The van der Waals surface area contributed by atoms with E-state index in [2.05, 4.69) is 22.4 Å². The number of amides is 2. The minimum absolute atomic E-state index is 0.120. The van der Waals surface area contributed by atoms with E-state index in [0.29, 0.717) is 18.4 Å². The van der Waals surface area contributed by atoms with Crippen molar-refractivity contribution in [1.29, 1.82) is 0 Å². The standard InChI is InChI=1S/C23H24F3N3O4/c1-13-17-10-5-14(4-3-11-22(2)19(33-22)18(17)32-20(13)30)12-27-29-21(31)28-16-8-6-15(7-9-16)23(24,25)26/h4,6-9,12,17-19H,1,3,5,10-11H2,2H3,(H2,28,29,31)/b14-4+,27-12+/t17-,18-,19-,22+/m0/s1. The van der Waals surface area contributed by atoms with Gasteiger partial charge in [0.1, 0.15) is 12.2 Å². The monoisotopic (exact) mass is 463 g/mol. The Bertz CT molecular complexity index is 1020. The summed E-state index contributed by atoms with van der Waals surface area (Å²) in [5.74, 6) is -0.530. The SMILES string of the molecule is C=C1C(=O)O[C@H]2[C@H]1CCC(/C=N/NC(=O)Nc1ccc(C(F)(F)F)cc1)=C\CC[C@@]1(C)O[C@@H]21. The molecule has 176 valence electrons. The molecule has 10 heteroatoms. The zero-order valence-electron chi connectivity index (χ0n) is 17.9. The lowest BCUT2D eigenvalue weighted by atomic mass is 9.84. The van der Waals surface area contributed by atoms with Crippen molar-refractivity contribution in [3.63, 3.8) is 0 Å². The van der Waals surface area contributed by atoms with Crippen molar-refractivity contribution in [2.45, 2.75) is 56.6 Å². The van der Waals surface area contributed by atoms with E-state index < -0.39 is 17.8 Å². The van der Waals surface area contributed by atoms with Crippen LogP contribution < -0.4 is 10.7 Å². The van der Waals surface area contributed by atoms with Crippen molar-refractivity contribution in [2.75, 3.05) is 5.32 Å². The maximum atomic E-state index is 12.6. The third-order valence-corrected chi connectivity index (χ3v) is 6.25. The Morgan fingerprint density at radius 1 is 1.30 bits per heavy atom. The minimum atomic E-state index is -4.44. The number of benzene rings is 1. The van der Waals surface area contributed by atoms with Crippen molar-refractivity contribution < 1.29 is 32.2 Å². The van der Waals surface area contributed by atoms with Gasteiger partial charge in [0, 0.05) is 17.2 Å². The number of esters is 1. The van der Waals surface area contributed by atoms with Gasteiger partial charge >= 0.3 is 18.2 Å². The van der Waals surface area contributed by atoms with Crippen LogP contribution in [0.4, 0.5) is 23.7 Å². The van der Waals surface area contributed by atoms with Gasteiger partial charge in [-0.05, 0) is 62.4 Å². The number of carbonyl (C=O) groups excluding carboxylic acids is 2. The predicted octanol–water partition coefficient (Wildman–Crippen LogP) is 4.57. The zero-order chi connectivity index (χ0) is 23.8. The summed E-state index contributed by atoms with van der Waals surface area (Å²) in [6.45, 7) is 5.88. The van der Waals surface area contributed by atoms with Gasteiger partial charge < -0.3 is 14.8 Å². The first kappa shape index (κ1) is 23.0. The molecule has 1 aromatic carbocycles. The first-order valence-electron chi connectivity index (χ1n) is 10.6. The second-order valence-corrected chi connectivity index (χ2v) is 8.61. The second-order valence-electron chi connectivity index (χ2n) is 8.61. The Morgan fingerprint density at radius 2 is 2.03 bits per heavy atom. The fraction of sp³-hybridized carbons (Fsp3) is 0.435. The van der Waals surface area contributed by atoms with Crippen LogP contribution in [-0.4, -0.2) is 36.0 Å². The first-order chi connectivity index (χ1) is 15.6. The van der Waals surface area contributed by atoms with Crippen LogP contribution in [0.1, 0.15) is 38.2 Å². The number of alkyl halides is 3. The maximum Gasteiger partial charge on any atom is 0.416 e. The van der Waals surface area contributed by atoms with E-state index in [4.69, 9.17) is 9.47 Å². The molecule has 0 spiro atoms. The lowest BCUT2D eigenvalue weighted by Crippen LogP contribution is -2.29. The summed E-state index contributed by atoms with van der Waals surface area (Å²) in [7, 11) is 0. The molecule has 0 aromatic heterocycles. The second kappa shape index (κ2) is 8.66. The number of epoxide rings is 1. The Hall–Kier alpha value is -3.14. The van der Waals surface area contributed by atoms with Crippen molar-refractivity contribution in [1.82, 2.24) is 5.43 Å². The fourth-order valence-electron chi connectivity index (χ4n) is 4.28. The van der Waals surface area contributed by atoms with Gasteiger partial charge in [-0.3, -0.25) is 0 Å². The van der Waals surface area contributed by atoms with Gasteiger partial charge in [-0.2, -0.15) is 18.3 Å². The highest BCUT2D eigenvalue weighted by atomic mass is 19.4.